The summed E-state index contributed by atoms with van der Waals surface area (Å²) in [7, 11) is 2.13. The highest BCUT2D eigenvalue weighted by Gasteiger charge is 2.19. The Labute approximate surface area is 264 Å². The number of rotatable bonds is 7. The summed E-state index contributed by atoms with van der Waals surface area (Å²) in [5, 5.41) is 6.66. The van der Waals surface area contributed by atoms with Crippen LogP contribution in [0.3, 0.4) is 0 Å². The highest BCUT2D eigenvalue weighted by Crippen LogP contribution is 2.23. The Hall–Kier alpha value is -4.57. The van der Waals surface area contributed by atoms with E-state index in [-0.39, 0.29) is 24.3 Å². The summed E-state index contributed by atoms with van der Waals surface area (Å²) in [5.41, 5.74) is 2.23. The van der Waals surface area contributed by atoms with Crippen molar-refractivity contribution in [2.75, 3.05) is 32.1 Å². The third kappa shape index (κ3) is 6.76. The van der Waals surface area contributed by atoms with Crippen LogP contribution in [-0.2, 0) is 11.3 Å². The monoisotopic (exact) mass is 622 g/mol. The number of anilines is 2. The predicted molar refractivity (Wildman–Crippen MR) is 173 cm³/mol. The quantitative estimate of drug-likeness (QED) is 0.260. The van der Waals surface area contributed by atoms with Gasteiger partial charge in [-0.25, -0.2) is 15.0 Å². The average Bonchev–Trinajstić information content (AvgIpc) is 3.76. The molecule has 0 spiro atoms. The molecule has 45 heavy (non-hydrogen) atoms. The maximum Gasteiger partial charge on any atom is 0.268 e. The number of thiazole rings is 1. The van der Waals surface area contributed by atoms with Crippen LogP contribution in [0.4, 0.5) is 11.6 Å². The molecule has 6 heterocycles. The number of pyridine rings is 1. The van der Waals surface area contributed by atoms with E-state index in [4.69, 9.17) is 14.5 Å². The molecule has 7 rings (SSSR count). The first-order valence-electron chi connectivity index (χ1n) is 15.3. The first-order chi connectivity index (χ1) is 22.1. The highest BCUT2D eigenvalue weighted by atomic mass is 32.1. The van der Waals surface area contributed by atoms with E-state index in [1.165, 1.54) is 11.3 Å². The lowest BCUT2D eigenvalue weighted by Crippen LogP contribution is -2.38. The molecule has 0 aliphatic carbocycles. The fourth-order valence-corrected chi connectivity index (χ4v) is 6.37. The van der Waals surface area contributed by atoms with Crippen LogP contribution in [0.5, 0.6) is 5.75 Å². The zero-order valence-electron chi connectivity index (χ0n) is 25.1. The number of ether oxygens (including phenoxy) is 2. The lowest BCUT2D eigenvalue weighted by molar-refractivity contribution is 0.0526. The third-order valence-electron chi connectivity index (χ3n) is 8.03. The number of nitrogens with zero attached hydrogens (tertiary/aromatic N) is 7. The molecule has 12 heteroatoms. The first-order valence-corrected chi connectivity index (χ1v) is 16.1. The minimum Gasteiger partial charge on any atom is -0.489 e. The molecule has 5 aromatic rings. The number of fused-ring (bicyclic) bond motifs is 1. The summed E-state index contributed by atoms with van der Waals surface area (Å²) in [4.78, 5) is 34.4. The molecule has 1 aromatic carbocycles. The second-order valence-corrected chi connectivity index (χ2v) is 12.3. The van der Waals surface area contributed by atoms with E-state index in [0.29, 0.717) is 29.2 Å². The van der Waals surface area contributed by atoms with Crippen LogP contribution in [-0.4, -0.2) is 72.9 Å². The van der Waals surface area contributed by atoms with E-state index in [2.05, 4.69) is 44.1 Å². The Bertz CT molecular complexity index is 1890. The van der Waals surface area contributed by atoms with Crippen molar-refractivity contribution in [3.63, 3.8) is 0 Å². The molecule has 4 aromatic heterocycles. The number of likely N-dealkylation sites (tertiary alicyclic amines) is 1. The van der Waals surface area contributed by atoms with Crippen LogP contribution in [0.1, 0.15) is 43.4 Å². The standard InChI is InChI=1S/C33H34N8O3S/c1-39-14-4-6-29(21-39)44-28-11-8-25(9-12-28)37-32-36-18-24-17-23(7-10-27-5-2-3-15-43-27)31(42)40(30(24)38-32)20-26-19-34-22-41(26)33-35-13-16-45-33/h8-9,11-13,16-19,22,27,29H,2-6,14-15,20-21H2,1H3,(H,36,37,38). The zero-order valence-corrected chi connectivity index (χ0v) is 25.9. The van der Waals surface area contributed by atoms with Gasteiger partial charge in [0, 0.05) is 42.0 Å². The molecule has 0 amide bonds. The van der Waals surface area contributed by atoms with Crippen LogP contribution >= 0.6 is 11.3 Å². The summed E-state index contributed by atoms with van der Waals surface area (Å²) in [6.45, 7) is 2.96. The van der Waals surface area contributed by atoms with Gasteiger partial charge in [-0.1, -0.05) is 11.8 Å². The molecule has 2 aliphatic heterocycles. The molecule has 0 bridgehead atoms. The van der Waals surface area contributed by atoms with Crippen molar-refractivity contribution in [3.05, 3.63) is 82.2 Å². The van der Waals surface area contributed by atoms with Crippen molar-refractivity contribution >= 4 is 34.0 Å². The Morgan fingerprint density at radius 2 is 2.04 bits per heavy atom. The molecule has 2 saturated heterocycles. The summed E-state index contributed by atoms with van der Waals surface area (Å²) in [6.07, 6.45) is 12.1. The zero-order chi connectivity index (χ0) is 30.6. The van der Waals surface area contributed by atoms with Gasteiger partial charge in [-0.2, -0.15) is 4.98 Å². The first kappa shape index (κ1) is 29.2. The maximum absolute atomic E-state index is 13.9. The van der Waals surface area contributed by atoms with Crippen molar-refractivity contribution < 1.29 is 9.47 Å². The molecular formula is C33H34N8O3S. The normalized spacial score (nSPS) is 18.8. The number of aromatic nitrogens is 6. The van der Waals surface area contributed by atoms with Gasteiger partial charge in [0.05, 0.1) is 24.0 Å². The van der Waals surface area contributed by atoms with Crippen molar-refractivity contribution in [1.82, 2.24) is 34.0 Å². The molecule has 230 valence electrons. The third-order valence-corrected chi connectivity index (χ3v) is 8.80. The molecule has 2 unspecified atom stereocenters. The van der Waals surface area contributed by atoms with Gasteiger partial charge in [-0.05, 0) is 76.0 Å². The van der Waals surface area contributed by atoms with Crippen LogP contribution < -0.4 is 15.6 Å². The van der Waals surface area contributed by atoms with Gasteiger partial charge in [0.25, 0.3) is 5.56 Å². The number of benzene rings is 1. The number of nitrogens with one attached hydrogen (secondary N) is 1. The molecule has 11 nitrogen and oxygen atoms in total. The lowest BCUT2D eigenvalue weighted by Gasteiger charge is -2.30. The van der Waals surface area contributed by atoms with Crippen LogP contribution in [0.2, 0.25) is 0 Å². The number of hydrogen-bond acceptors (Lipinski definition) is 10. The van der Waals surface area contributed by atoms with Gasteiger partial charge in [-0.3, -0.25) is 13.9 Å². The summed E-state index contributed by atoms with van der Waals surface area (Å²) in [6, 6.07) is 9.56. The Kier molecular flexibility index (Phi) is 8.55. The predicted octanol–water partition coefficient (Wildman–Crippen LogP) is 4.62. The molecular weight excluding hydrogens is 588 g/mol. The molecule has 2 aliphatic rings. The van der Waals surface area contributed by atoms with Crippen LogP contribution in [0.15, 0.2) is 65.4 Å². The highest BCUT2D eigenvalue weighted by molar-refractivity contribution is 7.12. The van der Waals surface area contributed by atoms with Crippen LogP contribution in [0.25, 0.3) is 16.2 Å². The van der Waals surface area contributed by atoms with Gasteiger partial charge >= 0.3 is 0 Å². The van der Waals surface area contributed by atoms with Gasteiger partial charge in [0.15, 0.2) is 5.13 Å². The number of hydrogen-bond donors (Lipinski definition) is 1. The molecule has 0 radical (unpaired) electrons. The van der Waals surface area contributed by atoms with E-state index in [1.807, 2.05) is 34.2 Å². The maximum atomic E-state index is 13.9. The summed E-state index contributed by atoms with van der Waals surface area (Å²) >= 11 is 1.50. The number of piperidine rings is 1. The summed E-state index contributed by atoms with van der Waals surface area (Å²) in [5.74, 6) is 7.47. The molecule has 2 atom stereocenters. The van der Waals surface area contributed by atoms with E-state index in [9.17, 15) is 4.79 Å². The largest absolute Gasteiger partial charge is 0.489 e. The van der Waals surface area contributed by atoms with E-state index < -0.39 is 0 Å². The average molecular weight is 623 g/mol. The Morgan fingerprint density at radius 3 is 2.84 bits per heavy atom. The van der Waals surface area contributed by atoms with E-state index in [0.717, 1.165) is 67.5 Å². The molecule has 0 saturated carbocycles. The minimum atomic E-state index is -0.239. The number of likely N-dealkylation sites (N-methyl/N-ethyl adjacent to an activating group) is 1. The minimum absolute atomic E-state index is 0.169. The smallest absolute Gasteiger partial charge is 0.268 e. The van der Waals surface area contributed by atoms with Crippen molar-refractivity contribution in [2.24, 2.45) is 0 Å². The fraction of sp³-hybridized carbons (Fsp3) is 0.364. The van der Waals surface area contributed by atoms with E-state index >= 15 is 0 Å². The van der Waals surface area contributed by atoms with Gasteiger partial charge < -0.3 is 19.7 Å². The van der Waals surface area contributed by atoms with Crippen molar-refractivity contribution in [2.45, 2.75) is 50.9 Å². The van der Waals surface area contributed by atoms with E-state index in [1.54, 1.807) is 35.6 Å². The molecule has 1 N–H and O–H groups in total. The fourth-order valence-electron chi connectivity index (χ4n) is 5.73. The summed E-state index contributed by atoms with van der Waals surface area (Å²) < 4.78 is 15.5. The molecule has 2 fully saturated rings. The van der Waals surface area contributed by atoms with Gasteiger partial charge in [0.1, 0.15) is 29.9 Å². The second-order valence-electron chi connectivity index (χ2n) is 11.4. The van der Waals surface area contributed by atoms with Gasteiger partial charge in [0.2, 0.25) is 5.95 Å². The van der Waals surface area contributed by atoms with Crippen LogP contribution in [0, 0.1) is 11.8 Å². The van der Waals surface area contributed by atoms with Crippen molar-refractivity contribution in [3.8, 4) is 22.7 Å². The van der Waals surface area contributed by atoms with Gasteiger partial charge in [-0.15, -0.1) is 11.3 Å². The second kappa shape index (κ2) is 13.2. The van der Waals surface area contributed by atoms with Crippen molar-refractivity contribution in [1.29, 1.82) is 0 Å². The topological polar surface area (TPSA) is 112 Å². The Morgan fingerprint density at radius 1 is 1.13 bits per heavy atom. The number of imidazole rings is 1. The SMILES string of the molecule is CN1CCCC(Oc2ccc(Nc3ncc4cc(C#CC5CCCCO5)c(=O)n(Cc5cncn5-c5nccs5)c4n3)cc2)C1. The Balaban J connectivity index is 1.19. The lowest BCUT2D eigenvalue weighted by atomic mass is 10.1.